The molecule has 0 unspecified atom stereocenters. The average molecular weight is 378 g/mol. The minimum Gasteiger partial charge on any atom is -0.497 e. The maximum atomic E-state index is 5.49. The number of ether oxygens (including phenoxy) is 2. The summed E-state index contributed by atoms with van der Waals surface area (Å²) in [5.74, 6) is 2.68. The van der Waals surface area contributed by atoms with Gasteiger partial charge in [0.2, 0.25) is 5.95 Å². The van der Waals surface area contributed by atoms with E-state index in [1.165, 1.54) is 0 Å². The zero-order chi connectivity index (χ0) is 19.9. The van der Waals surface area contributed by atoms with Crippen LogP contribution < -0.4 is 20.1 Å². The summed E-state index contributed by atoms with van der Waals surface area (Å²) in [6, 6.07) is 17.9. The summed E-state index contributed by atoms with van der Waals surface area (Å²) < 4.78 is 10.8. The zero-order valence-electron chi connectivity index (χ0n) is 16.7. The van der Waals surface area contributed by atoms with Crippen molar-refractivity contribution in [2.75, 3.05) is 24.9 Å². The van der Waals surface area contributed by atoms with E-state index in [1.54, 1.807) is 14.2 Å². The molecule has 1 heterocycles. The zero-order valence-corrected chi connectivity index (χ0v) is 16.7. The molecule has 0 aliphatic rings. The van der Waals surface area contributed by atoms with Crippen molar-refractivity contribution in [2.24, 2.45) is 0 Å². The lowest BCUT2D eigenvalue weighted by molar-refractivity contribution is 0.395. The predicted octanol–water partition coefficient (Wildman–Crippen LogP) is 5.11. The molecule has 1 atom stereocenters. The third-order valence-electron chi connectivity index (χ3n) is 4.46. The molecular formula is C22H26N4O2. The van der Waals surface area contributed by atoms with Crippen molar-refractivity contribution in [1.82, 2.24) is 9.97 Å². The van der Waals surface area contributed by atoms with E-state index >= 15 is 0 Å². The molecule has 0 radical (unpaired) electrons. The Hall–Kier alpha value is -3.28. The van der Waals surface area contributed by atoms with E-state index in [9.17, 15) is 0 Å². The number of benzene rings is 2. The van der Waals surface area contributed by atoms with Gasteiger partial charge < -0.3 is 20.1 Å². The highest BCUT2D eigenvalue weighted by Crippen LogP contribution is 2.32. The lowest BCUT2D eigenvalue weighted by atomic mass is 10.1. The quantitative estimate of drug-likeness (QED) is 0.567. The third-order valence-corrected chi connectivity index (χ3v) is 4.46. The minimum atomic E-state index is 0.273. The maximum Gasteiger partial charge on any atom is 0.225 e. The van der Waals surface area contributed by atoms with E-state index in [2.05, 4.69) is 34.4 Å². The molecular weight excluding hydrogens is 352 g/mol. The fraction of sp³-hybridized carbons (Fsp3) is 0.273. The molecule has 0 fully saturated rings. The van der Waals surface area contributed by atoms with Crippen LogP contribution in [0.25, 0.3) is 11.3 Å². The average Bonchev–Trinajstić information content (AvgIpc) is 2.74. The molecule has 6 heteroatoms. The summed E-state index contributed by atoms with van der Waals surface area (Å²) in [4.78, 5) is 9.33. The van der Waals surface area contributed by atoms with Crippen LogP contribution in [0.1, 0.15) is 20.3 Å². The molecule has 146 valence electrons. The Morgan fingerprint density at radius 3 is 2.43 bits per heavy atom. The fourth-order valence-electron chi connectivity index (χ4n) is 2.69. The largest absolute Gasteiger partial charge is 0.497 e. The molecule has 1 aromatic heterocycles. The summed E-state index contributed by atoms with van der Waals surface area (Å²) in [7, 11) is 3.26. The summed E-state index contributed by atoms with van der Waals surface area (Å²) in [6.07, 6.45) is 0.980. The SMILES string of the molecule is CC[C@H](C)Nc1nc(Nc2ccc(OC)cc2OC)cc(-c2ccccc2)n1. The second kappa shape index (κ2) is 9.08. The smallest absolute Gasteiger partial charge is 0.225 e. The van der Waals surface area contributed by atoms with Gasteiger partial charge in [-0.3, -0.25) is 0 Å². The van der Waals surface area contributed by atoms with Crippen molar-refractivity contribution in [3.8, 4) is 22.8 Å². The first kappa shape index (κ1) is 19.5. The predicted molar refractivity (Wildman–Crippen MR) is 114 cm³/mol. The van der Waals surface area contributed by atoms with E-state index in [0.717, 1.165) is 29.1 Å². The van der Waals surface area contributed by atoms with Crippen molar-refractivity contribution in [2.45, 2.75) is 26.3 Å². The van der Waals surface area contributed by atoms with Gasteiger partial charge in [0.15, 0.2) is 0 Å². The molecule has 0 bridgehead atoms. The molecule has 2 N–H and O–H groups in total. The molecule has 0 aliphatic heterocycles. The Kier molecular flexibility index (Phi) is 6.32. The van der Waals surface area contributed by atoms with Gasteiger partial charge in [-0.1, -0.05) is 37.3 Å². The number of nitrogens with one attached hydrogen (secondary N) is 2. The standard InChI is InChI=1S/C22H26N4O2/c1-5-15(2)23-22-25-19(16-9-7-6-8-10-16)14-21(26-22)24-18-12-11-17(27-3)13-20(18)28-4/h6-15H,5H2,1-4H3,(H2,23,24,25,26)/t15-/m0/s1. The number of hydrogen-bond donors (Lipinski definition) is 2. The summed E-state index contributed by atoms with van der Waals surface area (Å²) in [5.41, 5.74) is 2.67. The van der Waals surface area contributed by atoms with Crippen molar-refractivity contribution >= 4 is 17.5 Å². The van der Waals surface area contributed by atoms with Crippen LogP contribution in [0.5, 0.6) is 11.5 Å². The first-order chi connectivity index (χ1) is 13.6. The second-order valence-electron chi connectivity index (χ2n) is 6.47. The van der Waals surface area contributed by atoms with Crippen LogP contribution in [0, 0.1) is 0 Å². The van der Waals surface area contributed by atoms with Crippen molar-refractivity contribution in [1.29, 1.82) is 0 Å². The molecule has 3 aromatic rings. The van der Waals surface area contributed by atoms with Crippen molar-refractivity contribution in [3.63, 3.8) is 0 Å². The van der Waals surface area contributed by atoms with Crippen LogP contribution in [0.15, 0.2) is 54.6 Å². The Morgan fingerprint density at radius 1 is 0.964 bits per heavy atom. The van der Waals surface area contributed by atoms with E-state index in [-0.39, 0.29) is 6.04 Å². The highest BCUT2D eigenvalue weighted by Gasteiger charge is 2.11. The molecule has 0 amide bonds. The van der Waals surface area contributed by atoms with Gasteiger partial charge in [-0.15, -0.1) is 0 Å². The molecule has 6 nitrogen and oxygen atoms in total. The van der Waals surface area contributed by atoms with Crippen LogP contribution in [0.2, 0.25) is 0 Å². The number of hydrogen-bond acceptors (Lipinski definition) is 6. The molecule has 3 rings (SSSR count). The van der Waals surface area contributed by atoms with Gasteiger partial charge in [0.25, 0.3) is 0 Å². The highest BCUT2D eigenvalue weighted by molar-refractivity contribution is 5.70. The third kappa shape index (κ3) is 4.71. The Bertz CT molecular complexity index is 916. The van der Waals surface area contributed by atoms with Crippen molar-refractivity contribution in [3.05, 3.63) is 54.6 Å². The Balaban J connectivity index is 1.99. The molecule has 0 saturated heterocycles. The topological polar surface area (TPSA) is 68.3 Å². The molecule has 28 heavy (non-hydrogen) atoms. The monoisotopic (exact) mass is 378 g/mol. The maximum absolute atomic E-state index is 5.49. The lowest BCUT2D eigenvalue weighted by Gasteiger charge is -2.16. The fourth-order valence-corrected chi connectivity index (χ4v) is 2.69. The molecule has 0 saturated carbocycles. The van der Waals surface area contributed by atoms with Gasteiger partial charge in [0.1, 0.15) is 17.3 Å². The van der Waals surface area contributed by atoms with Crippen molar-refractivity contribution < 1.29 is 9.47 Å². The first-order valence-electron chi connectivity index (χ1n) is 9.33. The number of rotatable bonds is 8. The number of methoxy groups -OCH3 is 2. The van der Waals surface area contributed by atoms with Crippen LogP contribution >= 0.6 is 0 Å². The number of nitrogens with zero attached hydrogens (tertiary/aromatic N) is 2. The molecule has 0 aliphatic carbocycles. The van der Waals surface area contributed by atoms with E-state index < -0.39 is 0 Å². The van der Waals surface area contributed by atoms with E-state index in [0.29, 0.717) is 17.5 Å². The second-order valence-corrected chi connectivity index (χ2v) is 6.47. The summed E-state index contributed by atoms with van der Waals surface area (Å²) >= 11 is 0. The van der Waals surface area contributed by atoms with Gasteiger partial charge in [0.05, 0.1) is 25.6 Å². The van der Waals surface area contributed by atoms with Gasteiger partial charge in [-0.2, -0.15) is 4.98 Å². The number of anilines is 3. The summed E-state index contributed by atoms with van der Waals surface area (Å²) in [6.45, 7) is 4.23. The van der Waals surface area contributed by atoms with Gasteiger partial charge in [-0.05, 0) is 25.5 Å². The Morgan fingerprint density at radius 2 is 1.75 bits per heavy atom. The normalized spacial score (nSPS) is 11.6. The van der Waals surface area contributed by atoms with Gasteiger partial charge in [0, 0.05) is 23.7 Å². The molecule has 0 spiro atoms. The van der Waals surface area contributed by atoms with Gasteiger partial charge >= 0.3 is 0 Å². The summed E-state index contributed by atoms with van der Waals surface area (Å²) in [5, 5.41) is 6.71. The Labute approximate surface area is 166 Å². The minimum absolute atomic E-state index is 0.273. The van der Waals surface area contributed by atoms with E-state index in [4.69, 9.17) is 9.47 Å². The van der Waals surface area contributed by atoms with Gasteiger partial charge in [-0.25, -0.2) is 4.98 Å². The van der Waals surface area contributed by atoms with Crippen LogP contribution in [0.4, 0.5) is 17.5 Å². The lowest BCUT2D eigenvalue weighted by Crippen LogP contribution is -2.16. The molecule has 2 aromatic carbocycles. The first-order valence-corrected chi connectivity index (χ1v) is 9.33. The van der Waals surface area contributed by atoms with Crippen LogP contribution in [-0.4, -0.2) is 30.2 Å². The highest BCUT2D eigenvalue weighted by atomic mass is 16.5. The van der Waals surface area contributed by atoms with Crippen LogP contribution in [0.3, 0.4) is 0 Å². The van der Waals surface area contributed by atoms with E-state index in [1.807, 2.05) is 54.6 Å². The number of aromatic nitrogens is 2. The van der Waals surface area contributed by atoms with Crippen LogP contribution in [-0.2, 0) is 0 Å².